The van der Waals surface area contributed by atoms with Gasteiger partial charge in [-0.25, -0.2) is 4.79 Å². The van der Waals surface area contributed by atoms with Gasteiger partial charge in [0.2, 0.25) is 0 Å². The molecule has 0 radical (unpaired) electrons. The molecule has 3 aromatic rings. The number of hydrogen-bond donors (Lipinski definition) is 3. The van der Waals surface area contributed by atoms with E-state index in [4.69, 9.17) is 4.74 Å². The van der Waals surface area contributed by atoms with Crippen LogP contribution in [0.4, 0.5) is 5.69 Å². The maximum atomic E-state index is 12.6. The predicted molar refractivity (Wildman–Crippen MR) is 90.3 cm³/mol. The number of nitrogens with zero attached hydrogens (tertiary/aromatic N) is 1. The van der Waals surface area contributed by atoms with E-state index in [2.05, 4.69) is 20.5 Å². The number of anilines is 1. The molecule has 0 saturated heterocycles. The van der Waals surface area contributed by atoms with Gasteiger partial charge >= 0.3 is 5.97 Å². The number of ether oxygens (including phenoxy) is 1. The Kier molecular flexibility index (Phi) is 4.07. The van der Waals surface area contributed by atoms with Gasteiger partial charge in [-0.05, 0) is 37.1 Å². The molecule has 0 aliphatic heterocycles. The third-order valence-electron chi connectivity index (χ3n) is 4.00. The lowest BCUT2D eigenvalue weighted by Gasteiger charge is -2.05. The van der Waals surface area contributed by atoms with Gasteiger partial charge in [0.05, 0.1) is 24.4 Å². The molecular weight excluding hydrogens is 308 g/mol. The van der Waals surface area contributed by atoms with Crippen LogP contribution in [0.2, 0.25) is 0 Å². The zero-order valence-electron chi connectivity index (χ0n) is 13.7. The van der Waals surface area contributed by atoms with Crippen molar-refractivity contribution in [2.75, 3.05) is 12.4 Å². The third kappa shape index (κ3) is 2.64. The van der Waals surface area contributed by atoms with Crippen LogP contribution in [-0.4, -0.2) is 34.2 Å². The van der Waals surface area contributed by atoms with E-state index in [1.54, 1.807) is 19.2 Å². The second-order valence-corrected chi connectivity index (χ2v) is 5.45. The second-order valence-electron chi connectivity index (χ2n) is 5.45. The average Bonchev–Trinajstić information content (AvgIpc) is 3.17. The number of carbonyl (C=O) groups excluding carboxylic acids is 2. The van der Waals surface area contributed by atoms with Crippen LogP contribution in [0, 0.1) is 6.92 Å². The zero-order chi connectivity index (χ0) is 17.3. The molecule has 0 unspecified atom stereocenters. The van der Waals surface area contributed by atoms with Gasteiger partial charge in [0.15, 0.2) is 0 Å². The van der Waals surface area contributed by atoms with Crippen molar-refractivity contribution in [3.8, 4) is 0 Å². The summed E-state index contributed by atoms with van der Waals surface area (Å²) in [5, 5.41) is 10.6. The standard InChI is InChI=1S/C17H18N4O3/c1-4-12-14(17(23)24-3)9(2)15(20-12)16(22)19-11-5-6-13-10(7-11)8-18-21-13/h5-8,20H,4H2,1-3H3,(H,18,21)(H,19,22). The highest BCUT2D eigenvalue weighted by Gasteiger charge is 2.23. The van der Waals surface area contributed by atoms with Crippen LogP contribution >= 0.6 is 0 Å². The van der Waals surface area contributed by atoms with E-state index in [0.717, 1.165) is 10.9 Å². The molecule has 1 amide bonds. The molecule has 2 aromatic heterocycles. The highest BCUT2D eigenvalue weighted by molar-refractivity contribution is 6.07. The normalized spacial score (nSPS) is 10.8. The number of aromatic nitrogens is 3. The lowest BCUT2D eigenvalue weighted by Crippen LogP contribution is -2.14. The Balaban J connectivity index is 1.92. The van der Waals surface area contributed by atoms with E-state index in [-0.39, 0.29) is 5.91 Å². The summed E-state index contributed by atoms with van der Waals surface area (Å²) in [6.07, 6.45) is 2.29. The van der Waals surface area contributed by atoms with E-state index in [9.17, 15) is 9.59 Å². The average molecular weight is 326 g/mol. The summed E-state index contributed by atoms with van der Waals surface area (Å²) in [5.74, 6) is -0.750. The lowest BCUT2D eigenvalue weighted by atomic mass is 10.1. The van der Waals surface area contributed by atoms with E-state index >= 15 is 0 Å². The van der Waals surface area contributed by atoms with Gasteiger partial charge in [0.1, 0.15) is 5.69 Å². The Bertz CT molecular complexity index is 923. The molecule has 3 N–H and O–H groups in total. The first kappa shape index (κ1) is 15.8. The summed E-state index contributed by atoms with van der Waals surface area (Å²) in [5.41, 5.74) is 3.61. The Hall–Kier alpha value is -3.09. The molecule has 7 heteroatoms. The molecule has 0 aliphatic carbocycles. The van der Waals surface area contributed by atoms with Crippen molar-refractivity contribution >= 4 is 28.5 Å². The number of hydrogen-bond acceptors (Lipinski definition) is 4. The van der Waals surface area contributed by atoms with Crippen molar-refractivity contribution < 1.29 is 14.3 Å². The molecule has 24 heavy (non-hydrogen) atoms. The molecule has 124 valence electrons. The Morgan fingerprint density at radius 1 is 1.33 bits per heavy atom. The van der Waals surface area contributed by atoms with Gasteiger partial charge in [-0.3, -0.25) is 9.89 Å². The van der Waals surface area contributed by atoms with Crippen molar-refractivity contribution in [3.05, 3.63) is 46.9 Å². The molecule has 0 saturated carbocycles. The van der Waals surface area contributed by atoms with Gasteiger partial charge in [-0.2, -0.15) is 5.10 Å². The first-order valence-electron chi connectivity index (χ1n) is 7.59. The molecule has 0 fully saturated rings. The third-order valence-corrected chi connectivity index (χ3v) is 4.00. The molecule has 0 bridgehead atoms. The van der Waals surface area contributed by atoms with Crippen molar-refractivity contribution in [2.24, 2.45) is 0 Å². The minimum absolute atomic E-state index is 0.305. The largest absolute Gasteiger partial charge is 0.465 e. The lowest BCUT2D eigenvalue weighted by molar-refractivity contribution is 0.0599. The molecule has 7 nitrogen and oxygen atoms in total. The number of rotatable bonds is 4. The molecule has 0 spiro atoms. The molecule has 3 rings (SSSR count). The number of esters is 1. The summed E-state index contributed by atoms with van der Waals surface area (Å²) in [7, 11) is 1.33. The molecular formula is C17H18N4O3. The topological polar surface area (TPSA) is 99.9 Å². The molecule has 1 aromatic carbocycles. The number of fused-ring (bicyclic) bond motifs is 1. The maximum Gasteiger partial charge on any atom is 0.339 e. The van der Waals surface area contributed by atoms with Crippen LogP contribution in [0.25, 0.3) is 10.9 Å². The molecule has 0 aliphatic rings. The minimum atomic E-state index is -0.445. The molecule has 0 atom stereocenters. The van der Waals surface area contributed by atoms with Crippen LogP contribution < -0.4 is 5.32 Å². The van der Waals surface area contributed by atoms with Crippen LogP contribution in [-0.2, 0) is 11.2 Å². The summed E-state index contributed by atoms with van der Waals surface area (Å²) < 4.78 is 4.81. The number of nitrogens with one attached hydrogen (secondary N) is 3. The minimum Gasteiger partial charge on any atom is -0.465 e. The van der Waals surface area contributed by atoms with Gasteiger partial charge in [-0.15, -0.1) is 0 Å². The zero-order valence-corrected chi connectivity index (χ0v) is 13.7. The van der Waals surface area contributed by atoms with Gasteiger partial charge in [0.25, 0.3) is 5.91 Å². The number of methoxy groups -OCH3 is 1. The summed E-state index contributed by atoms with van der Waals surface area (Å²) in [6, 6.07) is 5.46. The van der Waals surface area contributed by atoms with Crippen LogP contribution in [0.15, 0.2) is 24.4 Å². The summed E-state index contributed by atoms with van der Waals surface area (Å²) in [4.78, 5) is 27.6. The van der Waals surface area contributed by atoms with Gasteiger partial charge < -0.3 is 15.0 Å². The van der Waals surface area contributed by atoms with E-state index in [1.165, 1.54) is 7.11 Å². The quantitative estimate of drug-likeness (QED) is 0.642. The van der Waals surface area contributed by atoms with Crippen molar-refractivity contribution in [2.45, 2.75) is 20.3 Å². The fourth-order valence-electron chi connectivity index (χ4n) is 2.74. The van der Waals surface area contributed by atoms with Crippen molar-refractivity contribution in [3.63, 3.8) is 0 Å². The fraction of sp³-hybridized carbons (Fsp3) is 0.235. The Morgan fingerprint density at radius 3 is 2.83 bits per heavy atom. The highest BCUT2D eigenvalue weighted by atomic mass is 16.5. The first-order valence-corrected chi connectivity index (χ1v) is 7.59. The van der Waals surface area contributed by atoms with E-state index in [1.807, 2.05) is 19.1 Å². The first-order chi connectivity index (χ1) is 11.5. The Labute approximate surface area is 138 Å². The van der Waals surface area contributed by atoms with E-state index in [0.29, 0.717) is 34.6 Å². The highest BCUT2D eigenvalue weighted by Crippen LogP contribution is 2.22. The SMILES string of the molecule is CCc1[nH]c(C(=O)Nc2ccc3[nH]ncc3c2)c(C)c1C(=O)OC. The second kappa shape index (κ2) is 6.19. The number of benzene rings is 1. The van der Waals surface area contributed by atoms with E-state index < -0.39 is 5.97 Å². The number of amides is 1. The monoisotopic (exact) mass is 326 g/mol. The Morgan fingerprint density at radius 2 is 2.12 bits per heavy atom. The van der Waals surface area contributed by atoms with Gasteiger partial charge in [0, 0.05) is 16.8 Å². The summed E-state index contributed by atoms with van der Waals surface area (Å²) in [6.45, 7) is 3.64. The van der Waals surface area contributed by atoms with Gasteiger partial charge in [-0.1, -0.05) is 6.92 Å². The smallest absolute Gasteiger partial charge is 0.339 e. The van der Waals surface area contributed by atoms with Crippen LogP contribution in [0.3, 0.4) is 0 Å². The molecule has 2 heterocycles. The maximum absolute atomic E-state index is 12.6. The number of carbonyl (C=O) groups is 2. The fourth-order valence-corrected chi connectivity index (χ4v) is 2.74. The number of aromatic amines is 2. The van der Waals surface area contributed by atoms with Crippen molar-refractivity contribution in [1.29, 1.82) is 0 Å². The van der Waals surface area contributed by atoms with Crippen LogP contribution in [0.1, 0.15) is 39.0 Å². The number of H-pyrrole nitrogens is 2. The predicted octanol–water partition coefficient (Wildman–Crippen LogP) is 2.80. The van der Waals surface area contributed by atoms with Crippen molar-refractivity contribution in [1.82, 2.24) is 15.2 Å². The summed E-state index contributed by atoms with van der Waals surface area (Å²) >= 11 is 0. The van der Waals surface area contributed by atoms with Crippen LogP contribution in [0.5, 0.6) is 0 Å². The number of aryl methyl sites for hydroxylation is 1.